The third kappa shape index (κ3) is 3.32. The molecule has 4 amide bonds. The third-order valence-electron chi connectivity index (χ3n) is 3.91. The van der Waals surface area contributed by atoms with Crippen molar-refractivity contribution in [2.24, 2.45) is 5.92 Å². The lowest BCUT2D eigenvalue weighted by molar-refractivity contribution is -0.139. The van der Waals surface area contributed by atoms with Crippen molar-refractivity contribution in [1.82, 2.24) is 15.1 Å². The minimum Gasteiger partial charge on any atom is -0.481 e. The maximum atomic E-state index is 12.5. The first-order valence-corrected chi connectivity index (χ1v) is 7.03. The molecule has 2 fully saturated rings. The molecule has 2 heterocycles. The van der Waals surface area contributed by atoms with Gasteiger partial charge in [0, 0.05) is 19.5 Å². The molecule has 0 aromatic heterocycles. The number of nitrogens with zero attached hydrogens (tertiary/aromatic N) is 2. The summed E-state index contributed by atoms with van der Waals surface area (Å²) in [6, 6.07) is -1.01. The van der Waals surface area contributed by atoms with Crippen LogP contribution in [-0.2, 0) is 14.4 Å². The van der Waals surface area contributed by atoms with E-state index in [4.69, 9.17) is 5.11 Å². The fraction of sp³-hybridized carbons (Fsp3) is 0.692. The van der Waals surface area contributed by atoms with E-state index in [0.29, 0.717) is 25.9 Å². The number of amides is 4. The van der Waals surface area contributed by atoms with Gasteiger partial charge in [0.05, 0.1) is 0 Å². The van der Waals surface area contributed by atoms with Crippen LogP contribution in [0.2, 0.25) is 0 Å². The van der Waals surface area contributed by atoms with Crippen molar-refractivity contribution < 1.29 is 24.3 Å². The predicted molar refractivity (Wildman–Crippen MR) is 71.3 cm³/mol. The second-order valence-corrected chi connectivity index (χ2v) is 5.45. The lowest BCUT2D eigenvalue weighted by Gasteiger charge is -2.36. The monoisotopic (exact) mass is 297 g/mol. The predicted octanol–water partition coefficient (Wildman–Crippen LogP) is -0.360. The van der Waals surface area contributed by atoms with E-state index in [0.717, 1.165) is 0 Å². The molecular formula is C13H19N3O5. The van der Waals surface area contributed by atoms with E-state index in [1.165, 1.54) is 9.80 Å². The fourth-order valence-corrected chi connectivity index (χ4v) is 2.88. The first kappa shape index (κ1) is 15.3. The number of carbonyl (C=O) groups is 4. The number of rotatable bonds is 3. The second kappa shape index (κ2) is 6.11. The average Bonchev–Trinajstić information content (AvgIpc) is 2.84. The molecule has 8 heteroatoms. The summed E-state index contributed by atoms with van der Waals surface area (Å²) in [7, 11) is 0. The summed E-state index contributed by atoms with van der Waals surface area (Å²) in [6.45, 7) is 2.45. The van der Waals surface area contributed by atoms with E-state index in [1.54, 1.807) is 6.92 Å². The van der Waals surface area contributed by atoms with E-state index >= 15 is 0 Å². The van der Waals surface area contributed by atoms with Crippen LogP contribution in [0.3, 0.4) is 0 Å². The Hall–Kier alpha value is -2.12. The molecule has 21 heavy (non-hydrogen) atoms. The van der Waals surface area contributed by atoms with Gasteiger partial charge in [-0.25, -0.2) is 4.79 Å². The Balaban J connectivity index is 2.03. The number of likely N-dealkylation sites (tertiary alicyclic amines) is 1. The highest BCUT2D eigenvalue weighted by atomic mass is 16.4. The molecule has 2 saturated heterocycles. The van der Waals surface area contributed by atoms with Crippen LogP contribution in [0.15, 0.2) is 0 Å². The van der Waals surface area contributed by atoms with Crippen molar-refractivity contribution in [3.8, 4) is 0 Å². The van der Waals surface area contributed by atoms with Gasteiger partial charge in [-0.3, -0.25) is 19.7 Å². The van der Waals surface area contributed by atoms with Crippen LogP contribution < -0.4 is 5.32 Å². The first-order valence-electron chi connectivity index (χ1n) is 7.03. The van der Waals surface area contributed by atoms with Crippen LogP contribution in [0.4, 0.5) is 4.79 Å². The lowest BCUT2D eigenvalue weighted by Crippen LogP contribution is -2.61. The quantitative estimate of drug-likeness (QED) is 0.692. The Morgan fingerprint density at radius 1 is 1.38 bits per heavy atom. The highest BCUT2D eigenvalue weighted by Crippen LogP contribution is 2.22. The molecule has 0 spiro atoms. The Kier molecular flexibility index (Phi) is 4.44. The normalized spacial score (nSPS) is 26.0. The van der Waals surface area contributed by atoms with E-state index in [2.05, 4.69) is 5.32 Å². The molecule has 8 nitrogen and oxygen atoms in total. The van der Waals surface area contributed by atoms with Crippen molar-refractivity contribution in [1.29, 1.82) is 0 Å². The number of carbonyl (C=O) groups excluding carboxylic acids is 3. The fourth-order valence-electron chi connectivity index (χ4n) is 2.88. The number of carboxylic acids is 1. The van der Waals surface area contributed by atoms with Gasteiger partial charge < -0.3 is 14.9 Å². The van der Waals surface area contributed by atoms with E-state index in [-0.39, 0.29) is 24.9 Å². The van der Waals surface area contributed by atoms with Crippen molar-refractivity contribution in [2.45, 2.75) is 32.2 Å². The van der Waals surface area contributed by atoms with Crippen molar-refractivity contribution in [2.75, 3.05) is 19.6 Å². The van der Waals surface area contributed by atoms with Gasteiger partial charge in [0.1, 0.15) is 12.6 Å². The van der Waals surface area contributed by atoms with Crippen molar-refractivity contribution in [3.63, 3.8) is 0 Å². The molecule has 0 aliphatic carbocycles. The number of aliphatic carboxylic acids is 1. The number of hydrogen-bond acceptors (Lipinski definition) is 4. The zero-order valence-electron chi connectivity index (χ0n) is 11.9. The van der Waals surface area contributed by atoms with Crippen LogP contribution in [0, 0.1) is 5.92 Å². The molecule has 2 unspecified atom stereocenters. The van der Waals surface area contributed by atoms with Gasteiger partial charge >= 0.3 is 12.0 Å². The molecule has 0 aromatic carbocycles. The number of hydrogen-bond donors (Lipinski definition) is 2. The third-order valence-corrected chi connectivity index (χ3v) is 3.91. The van der Waals surface area contributed by atoms with Crippen LogP contribution >= 0.6 is 0 Å². The molecule has 2 rings (SSSR count). The summed E-state index contributed by atoms with van der Waals surface area (Å²) in [4.78, 5) is 49.2. The molecule has 0 bridgehead atoms. The van der Waals surface area contributed by atoms with Crippen LogP contribution in [0.1, 0.15) is 26.2 Å². The second-order valence-electron chi connectivity index (χ2n) is 5.45. The van der Waals surface area contributed by atoms with E-state index in [1.807, 2.05) is 0 Å². The number of piperazine rings is 1. The summed E-state index contributed by atoms with van der Waals surface area (Å²) in [5.74, 6) is -1.89. The van der Waals surface area contributed by atoms with Crippen molar-refractivity contribution >= 4 is 23.8 Å². The van der Waals surface area contributed by atoms with Gasteiger partial charge in [-0.2, -0.15) is 0 Å². The standard InChI is InChI=1S/C13H19N3O5/c1-2-9-12(20)14-10(17)7-16(9)13(21)15-4-3-8(6-15)5-11(18)19/h8-9H,2-7H2,1H3,(H,18,19)(H,14,17,20). The zero-order valence-corrected chi connectivity index (χ0v) is 11.9. The Morgan fingerprint density at radius 3 is 2.71 bits per heavy atom. The molecule has 116 valence electrons. The number of nitrogens with one attached hydrogen (secondary N) is 1. The molecule has 0 radical (unpaired) electrons. The molecule has 2 atom stereocenters. The molecule has 0 aromatic rings. The van der Waals surface area contributed by atoms with E-state index < -0.39 is 23.8 Å². The van der Waals surface area contributed by atoms with Gasteiger partial charge in [-0.15, -0.1) is 0 Å². The maximum Gasteiger partial charge on any atom is 0.321 e. The largest absolute Gasteiger partial charge is 0.481 e. The van der Waals surface area contributed by atoms with Crippen LogP contribution in [0.25, 0.3) is 0 Å². The molecule has 2 N–H and O–H groups in total. The van der Waals surface area contributed by atoms with Crippen molar-refractivity contribution in [3.05, 3.63) is 0 Å². The smallest absolute Gasteiger partial charge is 0.321 e. The van der Waals surface area contributed by atoms with Gasteiger partial charge in [0.2, 0.25) is 11.8 Å². The summed E-state index contributed by atoms with van der Waals surface area (Å²) in [5, 5.41) is 11.0. The highest BCUT2D eigenvalue weighted by Gasteiger charge is 2.39. The zero-order chi connectivity index (χ0) is 15.6. The molecule has 2 aliphatic rings. The summed E-state index contributed by atoms with van der Waals surface area (Å²) in [6.07, 6.45) is 1.08. The van der Waals surface area contributed by atoms with Gasteiger partial charge in [-0.1, -0.05) is 6.92 Å². The molecule has 2 aliphatic heterocycles. The van der Waals surface area contributed by atoms with Gasteiger partial charge in [-0.05, 0) is 18.8 Å². The number of carboxylic acid groups (broad SMARTS) is 1. The van der Waals surface area contributed by atoms with Gasteiger partial charge in [0.15, 0.2) is 0 Å². The summed E-state index contributed by atoms with van der Waals surface area (Å²) < 4.78 is 0. The topological polar surface area (TPSA) is 107 Å². The minimum absolute atomic E-state index is 0.0282. The van der Waals surface area contributed by atoms with E-state index in [9.17, 15) is 19.2 Å². The Bertz CT molecular complexity index is 478. The summed E-state index contributed by atoms with van der Waals surface area (Å²) in [5.41, 5.74) is 0. The number of imide groups is 1. The average molecular weight is 297 g/mol. The lowest BCUT2D eigenvalue weighted by atomic mass is 10.1. The number of urea groups is 1. The first-order chi connectivity index (χ1) is 9.92. The SMILES string of the molecule is CCC1C(=O)NC(=O)CN1C(=O)N1CCC(CC(=O)O)C1. The summed E-state index contributed by atoms with van der Waals surface area (Å²) >= 11 is 0. The maximum absolute atomic E-state index is 12.5. The van der Waals surface area contributed by atoms with Gasteiger partial charge in [0.25, 0.3) is 0 Å². The Morgan fingerprint density at radius 2 is 2.10 bits per heavy atom. The molecule has 0 saturated carbocycles. The minimum atomic E-state index is -0.881. The van der Waals surface area contributed by atoms with Crippen LogP contribution in [0.5, 0.6) is 0 Å². The van der Waals surface area contributed by atoms with Crippen LogP contribution in [-0.4, -0.2) is 64.4 Å². The Labute approximate surface area is 122 Å². The molecular weight excluding hydrogens is 278 g/mol. The highest BCUT2D eigenvalue weighted by molar-refractivity contribution is 6.04.